The van der Waals surface area contributed by atoms with Crippen molar-refractivity contribution in [3.05, 3.63) is 59.2 Å². The first-order valence-corrected chi connectivity index (χ1v) is 10.4. The normalized spacial score (nSPS) is 11.8. The van der Waals surface area contributed by atoms with E-state index in [0.29, 0.717) is 18.0 Å². The summed E-state index contributed by atoms with van der Waals surface area (Å²) < 4.78 is 31.5. The molecule has 0 aliphatic heterocycles. The van der Waals surface area contributed by atoms with Gasteiger partial charge in [-0.3, -0.25) is 4.79 Å². The van der Waals surface area contributed by atoms with Crippen LogP contribution in [0, 0.1) is 13.8 Å². The predicted octanol–water partition coefficient (Wildman–Crippen LogP) is 3.60. The molecule has 0 fully saturated rings. The Bertz CT molecular complexity index is 995. The number of hydrogen-bond acceptors (Lipinski definition) is 4. The largest absolute Gasteiger partial charge is 0.493 e. The Morgan fingerprint density at radius 3 is 2.50 bits per heavy atom. The molecule has 0 radical (unpaired) electrons. The summed E-state index contributed by atoms with van der Waals surface area (Å²) in [5.74, 6) is 0.341. The highest BCUT2D eigenvalue weighted by Crippen LogP contribution is 2.26. The fourth-order valence-electron chi connectivity index (χ4n) is 2.56. The summed E-state index contributed by atoms with van der Waals surface area (Å²) in [5.41, 5.74) is 2.85. The van der Waals surface area contributed by atoms with Crippen LogP contribution in [0.2, 0.25) is 0 Å². The molecule has 0 atom stereocenters. The average molecular weight is 403 g/mol. The smallest absolute Gasteiger partial charge is 0.248 e. The second-order valence-electron chi connectivity index (χ2n) is 6.49. The van der Waals surface area contributed by atoms with Gasteiger partial charge in [-0.05, 0) is 56.2 Å². The summed E-state index contributed by atoms with van der Waals surface area (Å²) in [4.78, 5) is 12.6. The van der Waals surface area contributed by atoms with Crippen LogP contribution < -0.4 is 10.1 Å². The van der Waals surface area contributed by atoms with E-state index in [1.165, 1.54) is 26.2 Å². The summed E-state index contributed by atoms with van der Waals surface area (Å²) in [7, 11) is -0.647. The molecule has 2 aromatic rings. The fraction of sp³-hybridized carbons (Fsp3) is 0.286. The maximum absolute atomic E-state index is 12.4. The molecule has 0 spiro atoms. The zero-order chi connectivity index (χ0) is 20.9. The van der Waals surface area contributed by atoms with Crippen LogP contribution in [-0.4, -0.2) is 39.3 Å². The monoisotopic (exact) mass is 402 g/mol. The minimum atomic E-state index is -3.59. The number of para-hydroxylation sites is 1. The number of carbonyl (C=O) groups is 1. The van der Waals surface area contributed by atoms with E-state index in [9.17, 15) is 13.2 Å². The fourth-order valence-corrected chi connectivity index (χ4v) is 3.57. The number of rotatable bonds is 7. The SMILES string of the molecule is CCOc1ccccc1/C=C/C(=O)Nc1cc(S(=O)(=O)N(C)C)cc(C)c1C. The van der Waals surface area contributed by atoms with Crippen molar-refractivity contribution in [1.82, 2.24) is 4.31 Å². The number of anilines is 1. The van der Waals surface area contributed by atoms with E-state index in [4.69, 9.17) is 4.74 Å². The molecule has 0 saturated carbocycles. The average Bonchev–Trinajstić information content (AvgIpc) is 2.64. The third-order valence-corrected chi connectivity index (χ3v) is 6.10. The molecule has 2 rings (SSSR count). The Labute approximate surface area is 166 Å². The minimum absolute atomic E-state index is 0.140. The number of nitrogens with zero attached hydrogens (tertiary/aromatic N) is 1. The molecular formula is C21H26N2O4S. The van der Waals surface area contributed by atoms with Crippen molar-refractivity contribution in [2.45, 2.75) is 25.7 Å². The first kappa shape index (κ1) is 21.7. The molecule has 7 heteroatoms. The van der Waals surface area contributed by atoms with Gasteiger partial charge < -0.3 is 10.1 Å². The van der Waals surface area contributed by atoms with Crippen LogP contribution in [0.3, 0.4) is 0 Å². The number of benzene rings is 2. The molecular weight excluding hydrogens is 376 g/mol. The van der Waals surface area contributed by atoms with Gasteiger partial charge in [-0.15, -0.1) is 0 Å². The van der Waals surface area contributed by atoms with Crippen molar-refractivity contribution in [2.24, 2.45) is 0 Å². The van der Waals surface area contributed by atoms with E-state index < -0.39 is 10.0 Å². The molecule has 2 aromatic carbocycles. The maximum atomic E-state index is 12.4. The van der Waals surface area contributed by atoms with Crippen molar-refractivity contribution < 1.29 is 17.9 Å². The Morgan fingerprint density at radius 2 is 1.86 bits per heavy atom. The third kappa shape index (κ3) is 4.99. The van der Waals surface area contributed by atoms with Crippen LogP contribution in [-0.2, 0) is 14.8 Å². The highest BCUT2D eigenvalue weighted by molar-refractivity contribution is 7.89. The molecule has 28 heavy (non-hydrogen) atoms. The molecule has 0 unspecified atom stereocenters. The number of amides is 1. The van der Waals surface area contributed by atoms with Gasteiger partial charge in [0.25, 0.3) is 0 Å². The Balaban J connectivity index is 2.28. The van der Waals surface area contributed by atoms with E-state index in [1.807, 2.05) is 45.0 Å². The Hall–Kier alpha value is -2.64. The van der Waals surface area contributed by atoms with Crippen LogP contribution >= 0.6 is 0 Å². The van der Waals surface area contributed by atoms with Gasteiger partial charge in [0.2, 0.25) is 15.9 Å². The highest BCUT2D eigenvalue weighted by Gasteiger charge is 2.19. The first-order valence-electron chi connectivity index (χ1n) is 8.91. The number of hydrogen-bond donors (Lipinski definition) is 1. The first-order chi connectivity index (χ1) is 13.2. The molecule has 0 saturated heterocycles. The quantitative estimate of drug-likeness (QED) is 0.718. The van der Waals surface area contributed by atoms with Crippen molar-refractivity contribution in [2.75, 3.05) is 26.0 Å². The van der Waals surface area contributed by atoms with Crippen LogP contribution in [0.1, 0.15) is 23.6 Å². The third-order valence-electron chi connectivity index (χ3n) is 4.31. The van der Waals surface area contributed by atoms with E-state index in [0.717, 1.165) is 21.0 Å². The van der Waals surface area contributed by atoms with Gasteiger partial charge in [0, 0.05) is 31.4 Å². The van der Waals surface area contributed by atoms with E-state index >= 15 is 0 Å². The van der Waals surface area contributed by atoms with E-state index in [2.05, 4.69) is 5.32 Å². The molecule has 150 valence electrons. The minimum Gasteiger partial charge on any atom is -0.493 e. The molecule has 1 amide bonds. The van der Waals surface area contributed by atoms with Gasteiger partial charge in [0.05, 0.1) is 11.5 Å². The lowest BCUT2D eigenvalue weighted by molar-refractivity contribution is -0.111. The zero-order valence-corrected chi connectivity index (χ0v) is 17.6. The van der Waals surface area contributed by atoms with Crippen LogP contribution in [0.25, 0.3) is 6.08 Å². The molecule has 6 nitrogen and oxygen atoms in total. The molecule has 0 aliphatic carbocycles. The van der Waals surface area contributed by atoms with Gasteiger partial charge in [-0.1, -0.05) is 18.2 Å². The van der Waals surface area contributed by atoms with Crippen molar-refractivity contribution >= 4 is 27.7 Å². The lowest BCUT2D eigenvalue weighted by Crippen LogP contribution is -2.22. The summed E-state index contributed by atoms with van der Waals surface area (Å²) >= 11 is 0. The Morgan fingerprint density at radius 1 is 1.18 bits per heavy atom. The maximum Gasteiger partial charge on any atom is 0.248 e. The number of nitrogens with one attached hydrogen (secondary N) is 1. The number of ether oxygens (including phenoxy) is 1. The molecule has 0 heterocycles. The summed E-state index contributed by atoms with van der Waals surface area (Å²) in [6.07, 6.45) is 3.07. The van der Waals surface area contributed by atoms with E-state index in [1.54, 1.807) is 12.1 Å². The van der Waals surface area contributed by atoms with Gasteiger partial charge in [-0.25, -0.2) is 12.7 Å². The van der Waals surface area contributed by atoms with Crippen molar-refractivity contribution in [3.63, 3.8) is 0 Å². The van der Waals surface area contributed by atoms with Crippen LogP contribution in [0.4, 0.5) is 5.69 Å². The van der Waals surface area contributed by atoms with Crippen molar-refractivity contribution in [1.29, 1.82) is 0 Å². The number of aryl methyl sites for hydroxylation is 1. The molecule has 0 bridgehead atoms. The summed E-state index contributed by atoms with van der Waals surface area (Å²) in [6, 6.07) is 10.5. The Kier molecular flexibility index (Phi) is 6.99. The van der Waals surface area contributed by atoms with Crippen molar-refractivity contribution in [3.8, 4) is 5.75 Å². The zero-order valence-electron chi connectivity index (χ0n) is 16.8. The van der Waals surface area contributed by atoms with Crippen LogP contribution in [0.5, 0.6) is 5.75 Å². The van der Waals surface area contributed by atoms with Gasteiger partial charge in [0.1, 0.15) is 5.75 Å². The number of sulfonamides is 1. The van der Waals surface area contributed by atoms with E-state index in [-0.39, 0.29) is 10.8 Å². The van der Waals surface area contributed by atoms with Gasteiger partial charge >= 0.3 is 0 Å². The lowest BCUT2D eigenvalue weighted by Gasteiger charge is -2.16. The summed E-state index contributed by atoms with van der Waals surface area (Å²) in [6.45, 7) is 6.08. The highest BCUT2D eigenvalue weighted by atomic mass is 32.2. The lowest BCUT2D eigenvalue weighted by atomic mass is 10.1. The van der Waals surface area contributed by atoms with Crippen LogP contribution in [0.15, 0.2) is 47.4 Å². The molecule has 1 N–H and O–H groups in total. The topological polar surface area (TPSA) is 75.7 Å². The molecule has 0 aliphatic rings. The predicted molar refractivity (Wildman–Crippen MR) is 112 cm³/mol. The molecule has 0 aromatic heterocycles. The van der Waals surface area contributed by atoms with Gasteiger partial charge in [-0.2, -0.15) is 0 Å². The second-order valence-corrected chi connectivity index (χ2v) is 8.65. The summed E-state index contributed by atoms with van der Waals surface area (Å²) in [5, 5.41) is 2.77. The standard InChI is InChI=1S/C21H26N2O4S/c1-6-27-20-10-8-7-9-17(20)11-12-21(24)22-19-14-18(13-15(2)16(19)3)28(25,26)23(4)5/h7-14H,6H2,1-5H3,(H,22,24)/b12-11+. The van der Waals surface area contributed by atoms with Gasteiger partial charge in [0.15, 0.2) is 0 Å². The number of carbonyl (C=O) groups excluding carboxylic acids is 1. The second kappa shape index (κ2) is 9.03.